The fourth-order valence-corrected chi connectivity index (χ4v) is 2.84. The molecule has 1 aromatic rings. The smallest absolute Gasteiger partial charge is 0.335 e. The Hall–Kier alpha value is -1.76. The SMILES string of the molecule is CCN(c1cc(C(=O)O)ccc1OC)S(=O)(=O)CC. The summed E-state index contributed by atoms with van der Waals surface area (Å²) in [7, 11) is -2.07. The Labute approximate surface area is 112 Å². The van der Waals surface area contributed by atoms with Crippen molar-refractivity contribution in [2.24, 2.45) is 0 Å². The topological polar surface area (TPSA) is 83.9 Å². The summed E-state index contributed by atoms with van der Waals surface area (Å²) in [6, 6.07) is 4.13. The van der Waals surface area contributed by atoms with Crippen LogP contribution in [0.25, 0.3) is 0 Å². The first-order chi connectivity index (χ1) is 8.87. The van der Waals surface area contributed by atoms with E-state index in [0.29, 0.717) is 5.75 Å². The largest absolute Gasteiger partial charge is 0.495 e. The van der Waals surface area contributed by atoms with Gasteiger partial charge in [0.15, 0.2) is 0 Å². The van der Waals surface area contributed by atoms with Crippen LogP contribution in [0.15, 0.2) is 18.2 Å². The summed E-state index contributed by atoms with van der Waals surface area (Å²) in [5.74, 6) is -0.862. The number of anilines is 1. The third-order valence-corrected chi connectivity index (χ3v) is 4.54. The number of sulfonamides is 1. The van der Waals surface area contributed by atoms with E-state index in [1.165, 1.54) is 32.2 Å². The van der Waals surface area contributed by atoms with Gasteiger partial charge in [0.2, 0.25) is 10.0 Å². The molecule has 7 heteroatoms. The lowest BCUT2D eigenvalue weighted by molar-refractivity contribution is 0.0697. The van der Waals surface area contributed by atoms with Crippen LogP contribution in [0.4, 0.5) is 5.69 Å². The van der Waals surface area contributed by atoms with Crippen LogP contribution >= 0.6 is 0 Å². The molecule has 0 aromatic heterocycles. The van der Waals surface area contributed by atoms with Crippen LogP contribution in [-0.4, -0.2) is 38.9 Å². The Kier molecular flexibility index (Phi) is 4.77. The molecule has 0 spiro atoms. The van der Waals surface area contributed by atoms with Crippen molar-refractivity contribution in [2.75, 3.05) is 23.7 Å². The average molecular weight is 287 g/mol. The molecule has 19 heavy (non-hydrogen) atoms. The van der Waals surface area contributed by atoms with E-state index < -0.39 is 16.0 Å². The Bertz CT molecular complexity index is 567. The van der Waals surface area contributed by atoms with Gasteiger partial charge in [-0.05, 0) is 32.0 Å². The first kappa shape index (κ1) is 15.3. The van der Waals surface area contributed by atoms with Crippen molar-refractivity contribution < 1.29 is 23.1 Å². The Morgan fingerprint density at radius 3 is 2.42 bits per heavy atom. The molecule has 0 heterocycles. The first-order valence-corrected chi connectivity index (χ1v) is 7.40. The van der Waals surface area contributed by atoms with E-state index in [0.717, 1.165) is 4.31 Å². The number of benzene rings is 1. The standard InChI is InChI=1S/C12H17NO5S/c1-4-13(19(16,17)5-2)10-8-9(12(14)15)6-7-11(10)18-3/h6-8H,4-5H2,1-3H3,(H,14,15). The number of aromatic carboxylic acids is 1. The van der Waals surface area contributed by atoms with E-state index in [1.54, 1.807) is 6.92 Å². The summed E-state index contributed by atoms with van der Waals surface area (Å²) in [5.41, 5.74) is 0.257. The zero-order chi connectivity index (χ0) is 14.6. The van der Waals surface area contributed by atoms with Crippen LogP contribution in [0, 0.1) is 0 Å². The summed E-state index contributed by atoms with van der Waals surface area (Å²) in [4.78, 5) is 11.0. The number of methoxy groups -OCH3 is 1. The van der Waals surface area contributed by atoms with Gasteiger partial charge in [0.1, 0.15) is 5.75 Å². The van der Waals surface area contributed by atoms with Crippen LogP contribution in [0.2, 0.25) is 0 Å². The number of ether oxygens (including phenoxy) is 1. The van der Waals surface area contributed by atoms with E-state index in [1.807, 2.05) is 0 Å². The van der Waals surface area contributed by atoms with E-state index in [9.17, 15) is 13.2 Å². The maximum Gasteiger partial charge on any atom is 0.335 e. The lowest BCUT2D eigenvalue weighted by atomic mass is 10.2. The van der Waals surface area contributed by atoms with Crippen molar-refractivity contribution in [3.63, 3.8) is 0 Å². The Balaban J connectivity index is 3.44. The van der Waals surface area contributed by atoms with Gasteiger partial charge in [0.05, 0.1) is 24.1 Å². The fraction of sp³-hybridized carbons (Fsp3) is 0.417. The van der Waals surface area contributed by atoms with Gasteiger partial charge in [-0.1, -0.05) is 0 Å². The van der Waals surface area contributed by atoms with Crippen LogP contribution in [0.1, 0.15) is 24.2 Å². The lowest BCUT2D eigenvalue weighted by Crippen LogP contribution is -2.32. The molecule has 0 fully saturated rings. The molecule has 0 saturated carbocycles. The highest BCUT2D eigenvalue weighted by Crippen LogP contribution is 2.31. The van der Waals surface area contributed by atoms with Gasteiger partial charge in [-0.3, -0.25) is 4.31 Å². The molecular formula is C12H17NO5S. The summed E-state index contributed by atoms with van der Waals surface area (Å²) < 4.78 is 30.3. The third kappa shape index (κ3) is 3.17. The third-order valence-electron chi connectivity index (χ3n) is 2.68. The van der Waals surface area contributed by atoms with Gasteiger partial charge in [-0.25, -0.2) is 13.2 Å². The van der Waals surface area contributed by atoms with Crippen LogP contribution in [0.3, 0.4) is 0 Å². The molecule has 0 atom stereocenters. The van der Waals surface area contributed by atoms with E-state index in [2.05, 4.69) is 0 Å². The highest BCUT2D eigenvalue weighted by atomic mass is 32.2. The molecule has 0 bridgehead atoms. The molecule has 0 amide bonds. The van der Waals surface area contributed by atoms with Crippen molar-refractivity contribution in [3.05, 3.63) is 23.8 Å². The number of carboxylic acid groups (broad SMARTS) is 1. The number of carbonyl (C=O) groups is 1. The second kappa shape index (κ2) is 5.92. The Morgan fingerprint density at radius 2 is 2.00 bits per heavy atom. The molecule has 1 rings (SSSR count). The fourth-order valence-electron chi connectivity index (χ4n) is 1.69. The Morgan fingerprint density at radius 1 is 1.37 bits per heavy atom. The molecule has 1 N–H and O–H groups in total. The van der Waals surface area contributed by atoms with Crippen LogP contribution in [-0.2, 0) is 10.0 Å². The van der Waals surface area contributed by atoms with Gasteiger partial charge in [-0.2, -0.15) is 0 Å². The number of rotatable bonds is 6. The van der Waals surface area contributed by atoms with Crippen molar-refractivity contribution in [1.29, 1.82) is 0 Å². The van der Waals surface area contributed by atoms with E-state index in [4.69, 9.17) is 9.84 Å². The second-order valence-corrected chi connectivity index (χ2v) is 5.94. The molecule has 0 aliphatic rings. The summed E-state index contributed by atoms with van der Waals surface area (Å²) in [5, 5.41) is 8.98. The van der Waals surface area contributed by atoms with Gasteiger partial charge < -0.3 is 9.84 Å². The molecule has 0 aliphatic heterocycles. The van der Waals surface area contributed by atoms with Gasteiger partial charge >= 0.3 is 5.97 Å². The number of nitrogens with zero attached hydrogens (tertiary/aromatic N) is 1. The minimum absolute atomic E-state index is 0.0144. The molecule has 0 saturated heterocycles. The average Bonchev–Trinajstić information content (AvgIpc) is 2.39. The molecule has 0 aliphatic carbocycles. The van der Waals surface area contributed by atoms with Crippen molar-refractivity contribution in [3.8, 4) is 5.75 Å². The molecule has 1 aromatic carbocycles. The minimum Gasteiger partial charge on any atom is -0.495 e. The molecule has 0 radical (unpaired) electrons. The molecule has 6 nitrogen and oxygen atoms in total. The highest BCUT2D eigenvalue weighted by molar-refractivity contribution is 7.92. The summed E-state index contributed by atoms with van der Waals surface area (Å²) in [6.07, 6.45) is 0. The summed E-state index contributed by atoms with van der Waals surface area (Å²) >= 11 is 0. The second-order valence-electron chi connectivity index (χ2n) is 3.76. The summed E-state index contributed by atoms with van der Waals surface area (Å²) in [6.45, 7) is 3.42. The van der Waals surface area contributed by atoms with E-state index in [-0.39, 0.29) is 23.5 Å². The highest BCUT2D eigenvalue weighted by Gasteiger charge is 2.23. The monoisotopic (exact) mass is 287 g/mol. The molecule has 0 unspecified atom stereocenters. The quantitative estimate of drug-likeness (QED) is 0.858. The zero-order valence-corrected chi connectivity index (χ0v) is 11.9. The number of carboxylic acids is 1. The van der Waals surface area contributed by atoms with Crippen molar-refractivity contribution in [1.82, 2.24) is 0 Å². The van der Waals surface area contributed by atoms with Gasteiger partial charge in [-0.15, -0.1) is 0 Å². The normalized spacial score (nSPS) is 11.1. The number of hydrogen-bond donors (Lipinski definition) is 1. The first-order valence-electron chi connectivity index (χ1n) is 5.79. The lowest BCUT2D eigenvalue weighted by Gasteiger charge is -2.24. The molecule has 106 valence electrons. The predicted octanol–water partition coefficient (Wildman–Crippen LogP) is 1.57. The van der Waals surface area contributed by atoms with Crippen LogP contribution in [0.5, 0.6) is 5.75 Å². The number of hydrogen-bond acceptors (Lipinski definition) is 4. The van der Waals surface area contributed by atoms with Gasteiger partial charge in [0, 0.05) is 6.54 Å². The van der Waals surface area contributed by atoms with Crippen molar-refractivity contribution >= 4 is 21.7 Å². The van der Waals surface area contributed by atoms with Crippen molar-refractivity contribution in [2.45, 2.75) is 13.8 Å². The van der Waals surface area contributed by atoms with Crippen LogP contribution < -0.4 is 9.04 Å². The zero-order valence-electron chi connectivity index (χ0n) is 11.1. The maximum atomic E-state index is 12.0. The van der Waals surface area contributed by atoms with E-state index >= 15 is 0 Å². The predicted molar refractivity (Wildman–Crippen MR) is 72.4 cm³/mol. The maximum absolute atomic E-state index is 12.0. The van der Waals surface area contributed by atoms with Gasteiger partial charge in [0.25, 0.3) is 0 Å². The molecular weight excluding hydrogens is 270 g/mol. The minimum atomic E-state index is -3.48.